The molecule has 0 saturated heterocycles. The van der Waals surface area contributed by atoms with Crippen molar-refractivity contribution in [2.24, 2.45) is 0 Å². The van der Waals surface area contributed by atoms with Gasteiger partial charge in [-0.3, -0.25) is 0 Å². The second kappa shape index (κ2) is 6.01. The Kier molecular flexibility index (Phi) is 4.15. The molecule has 0 aliphatic heterocycles. The summed E-state index contributed by atoms with van der Waals surface area (Å²) in [5, 5.41) is 12.3. The number of para-hydroxylation sites is 1. The Labute approximate surface area is 112 Å². The van der Waals surface area contributed by atoms with Crippen LogP contribution in [0.1, 0.15) is 24.1 Å². The maximum absolute atomic E-state index is 13.6. The van der Waals surface area contributed by atoms with Crippen molar-refractivity contribution in [1.29, 1.82) is 5.26 Å². The fourth-order valence-corrected chi connectivity index (χ4v) is 2.05. The van der Waals surface area contributed by atoms with Crippen molar-refractivity contribution in [3.63, 3.8) is 0 Å². The zero-order valence-corrected chi connectivity index (χ0v) is 10.7. The monoisotopic (exact) mass is 254 g/mol. The van der Waals surface area contributed by atoms with Crippen LogP contribution in [-0.4, -0.2) is 0 Å². The van der Waals surface area contributed by atoms with E-state index in [4.69, 9.17) is 0 Å². The lowest BCUT2D eigenvalue weighted by molar-refractivity contribution is 0.629. The van der Waals surface area contributed by atoms with E-state index in [-0.39, 0.29) is 5.82 Å². The second-order valence-electron chi connectivity index (χ2n) is 4.24. The van der Waals surface area contributed by atoms with Crippen LogP contribution in [0.4, 0.5) is 10.1 Å². The quantitative estimate of drug-likeness (QED) is 0.892. The molecule has 2 nitrogen and oxygen atoms in total. The summed E-state index contributed by atoms with van der Waals surface area (Å²) in [7, 11) is 0. The lowest BCUT2D eigenvalue weighted by Crippen LogP contribution is -2.11. The van der Waals surface area contributed by atoms with Gasteiger partial charge in [0.25, 0.3) is 0 Å². The first-order valence-corrected chi connectivity index (χ1v) is 6.24. The molecule has 0 aromatic heterocycles. The lowest BCUT2D eigenvalue weighted by atomic mass is 9.99. The fourth-order valence-electron chi connectivity index (χ4n) is 2.05. The number of nitriles is 1. The van der Waals surface area contributed by atoms with Gasteiger partial charge in [-0.2, -0.15) is 5.26 Å². The van der Waals surface area contributed by atoms with Gasteiger partial charge in [-0.15, -0.1) is 0 Å². The summed E-state index contributed by atoms with van der Waals surface area (Å²) in [6, 6.07) is 15.7. The Bertz CT molecular complexity index is 602. The smallest absolute Gasteiger partial charge is 0.146 e. The summed E-state index contributed by atoms with van der Waals surface area (Å²) < 4.78 is 13.6. The largest absolute Gasteiger partial charge is 0.364 e. The molecule has 2 aromatic rings. The maximum Gasteiger partial charge on any atom is 0.146 e. The zero-order valence-electron chi connectivity index (χ0n) is 10.7. The third-order valence-corrected chi connectivity index (χ3v) is 3.05. The van der Waals surface area contributed by atoms with E-state index in [0.717, 1.165) is 17.5 Å². The molecule has 0 spiro atoms. The Hall–Kier alpha value is -2.34. The summed E-state index contributed by atoms with van der Waals surface area (Å²) in [6.07, 6.45) is 0.841. The normalized spacial score (nSPS) is 11.6. The number of nitrogens with zero attached hydrogens (tertiary/aromatic N) is 1. The average Bonchev–Trinajstić information content (AvgIpc) is 2.46. The molecule has 19 heavy (non-hydrogen) atoms. The van der Waals surface area contributed by atoms with Crippen LogP contribution in [0.25, 0.3) is 0 Å². The average molecular weight is 254 g/mol. The summed E-state index contributed by atoms with van der Waals surface area (Å²) >= 11 is 0. The molecular formula is C16H15FN2. The predicted octanol–water partition coefficient (Wildman–Crippen LogP) is 4.06. The Morgan fingerprint density at radius 3 is 2.53 bits per heavy atom. The minimum absolute atomic E-state index is 0.347. The van der Waals surface area contributed by atoms with Gasteiger partial charge in [0.05, 0.1) is 11.8 Å². The summed E-state index contributed by atoms with van der Waals surface area (Å²) in [5.41, 5.74) is 2.34. The number of aryl methyl sites for hydroxylation is 1. The van der Waals surface area contributed by atoms with Crippen LogP contribution in [0.3, 0.4) is 0 Å². The van der Waals surface area contributed by atoms with E-state index in [0.29, 0.717) is 5.69 Å². The molecule has 0 aliphatic rings. The molecule has 0 saturated carbocycles. The molecule has 0 fully saturated rings. The van der Waals surface area contributed by atoms with E-state index in [1.54, 1.807) is 18.2 Å². The van der Waals surface area contributed by atoms with Crippen molar-refractivity contribution in [2.45, 2.75) is 19.4 Å². The molecule has 0 radical (unpaired) electrons. The van der Waals surface area contributed by atoms with E-state index >= 15 is 0 Å². The van der Waals surface area contributed by atoms with Crippen LogP contribution in [0.2, 0.25) is 0 Å². The summed E-state index contributed by atoms with van der Waals surface area (Å²) in [6.45, 7) is 2.04. The minimum Gasteiger partial charge on any atom is -0.364 e. The number of hydrogen-bond donors (Lipinski definition) is 1. The van der Waals surface area contributed by atoms with Gasteiger partial charge >= 0.3 is 0 Å². The first kappa shape index (κ1) is 13.1. The van der Waals surface area contributed by atoms with E-state index in [1.165, 1.54) is 6.07 Å². The van der Waals surface area contributed by atoms with Crippen molar-refractivity contribution < 1.29 is 4.39 Å². The van der Waals surface area contributed by atoms with E-state index in [1.807, 2.05) is 31.2 Å². The summed E-state index contributed by atoms with van der Waals surface area (Å²) in [4.78, 5) is 0. The van der Waals surface area contributed by atoms with Crippen LogP contribution in [-0.2, 0) is 6.42 Å². The summed E-state index contributed by atoms with van der Waals surface area (Å²) in [5.74, 6) is -0.350. The van der Waals surface area contributed by atoms with Gasteiger partial charge in [-0.1, -0.05) is 43.3 Å². The second-order valence-corrected chi connectivity index (χ2v) is 4.24. The van der Waals surface area contributed by atoms with E-state index in [2.05, 4.69) is 11.4 Å². The first-order valence-electron chi connectivity index (χ1n) is 6.24. The highest BCUT2D eigenvalue weighted by Gasteiger charge is 2.14. The number of benzene rings is 2. The molecule has 1 atom stereocenters. The van der Waals surface area contributed by atoms with E-state index < -0.39 is 6.04 Å². The van der Waals surface area contributed by atoms with E-state index in [9.17, 15) is 9.65 Å². The van der Waals surface area contributed by atoms with Gasteiger partial charge in [-0.25, -0.2) is 4.39 Å². The molecular weight excluding hydrogens is 239 g/mol. The van der Waals surface area contributed by atoms with Gasteiger partial charge in [0.2, 0.25) is 0 Å². The fraction of sp³-hybridized carbons (Fsp3) is 0.188. The number of anilines is 1. The van der Waals surface area contributed by atoms with Crippen molar-refractivity contribution >= 4 is 5.69 Å². The molecule has 2 aromatic carbocycles. The highest BCUT2D eigenvalue weighted by molar-refractivity contribution is 5.49. The number of nitrogens with one attached hydrogen (secondary N) is 1. The van der Waals surface area contributed by atoms with Crippen molar-refractivity contribution in [1.82, 2.24) is 0 Å². The lowest BCUT2D eigenvalue weighted by Gasteiger charge is -2.16. The standard InChI is InChI=1S/C16H15FN2/c1-2-12-7-3-4-8-13(12)16(11-18)19-15-10-6-5-9-14(15)17/h3-10,16,19H,2H2,1H3. The van der Waals surface area contributed by atoms with Crippen LogP contribution in [0.15, 0.2) is 48.5 Å². The molecule has 1 N–H and O–H groups in total. The topological polar surface area (TPSA) is 35.8 Å². The predicted molar refractivity (Wildman–Crippen MR) is 74.2 cm³/mol. The molecule has 1 unspecified atom stereocenters. The molecule has 2 rings (SSSR count). The minimum atomic E-state index is -0.548. The van der Waals surface area contributed by atoms with Crippen LogP contribution >= 0.6 is 0 Å². The third kappa shape index (κ3) is 2.92. The Morgan fingerprint density at radius 2 is 1.84 bits per heavy atom. The maximum atomic E-state index is 13.6. The van der Waals surface area contributed by atoms with Crippen LogP contribution < -0.4 is 5.32 Å². The van der Waals surface area contributed by atoms with Crippen LogP contribution in [0, 0.1) is 17.1 Å². The molecule has 96 valence electrons. The first-order chi connectivity index (χ1) is 9.26. The molecule has 0 amide bonds. The van der Waals surface area contributed by atoms with Gasteiger partial charge in [0, 0.05) is 0 Å². The number of rotatable bonds is 4. The SMILES string of the molecule is CCc1ccccc1C(C#N)Nc1ccccc1F. The molecule has 0 aliphatic carbocycles. The number of hydrogen-bond acceptors (Lipinski definition) is 2. The third-order valence-electron chi connectivity index (χ3n) is 3.05. The molecule has 0 heterocycles. The highest BCUT2D eigenvalue weighted by Crippen LogP contribution is 2.24. The van der Waals surface area contributed by atoms with Crippen molar-refractivity contribution in [2.75, 3.05) is 5.32 Å². The van der Waals surface area contributed by atoms with Gasteiger partial charge in [-0.05, 0) is 29.7 Å². The number of halogens is 1. The Balaban J connectivity index is 2.31. The zero-order chi connectivity index (χ0) is 13.7. The van der Waals surface area contributed by atoms with Gasteiger partial charge < -0.3 is 5.32 Å². The Morgan fingerprint density at radius 1 is 1.16 bits per heavy atom. The highest BCUT2D eigenvalue weighted by atomic mass is 19.1. The van der Waals surface area contributed by atoms with Crippen molar-refractivity contribution in [3.8, 4) is 6.07 Å². The molecule has 0 bridgehead atoms. The molecule has 3 heteroatoms. The van der Waals surface area contributed by atoms with Crippen molar-refractivity contribution in [3.05, 3.63) is 65.5 Å². The van der Waals surface area contributed by atoms with Crippen LogP contribution in [0.5, 0.6) is 0 Å². The van der Waals surface area contributed by atoms with Gasteiger partial charge in [0.1, 0.15) is 11.9 Å². The van der Waals surface area contributed by atoms with Gasteiger partial charge in [0.15, 0.2) is 0 Å².